The molecule has 0 aromatic heterocycles. The fourth-order valence-corrected chi connectivity index (χ4v) is 1.63. The zero-order valence-electron chi connectivity index (χ0n) is 12.2. The molecule has 1 unspecified atom stereocenters. The fraction of sp³-hybridized carbons (Fsp3) is 0.533. The van der Waals surface area contributed by atoms with E-state index in [1.54, 1.807) is 7.11 Å². The Morgan fingerprint density at radius 2 is 1.95 bits per heavy atom. The summed E-state index contributed by atoms with van der Waals surface area (Å²) < 4.78 is 5.26. The van der Waals surface area contributed by atoms with Crippen LogP contribution in [0, 0.1) is 5.92 Å². The van der Waals surface area contributed by atoms with Crippen molar-refractivity contribution >= 4 is 5.91 Å². The summed E-state index contributed by atoms with van der Waals surface area (Å²) in [7, 11) is 1.65. The smallest absolute Gasteiger partial charge is 0.234 e. The van der Waals surface area contributed by atoms with E-state index in [2.05, 4.69) is 24.5 Å². The molecule has 106 valence electrons. The van der Waals surface area contributed by atoms with Crippen molar-refractivity contribution in [2.24, 2.45) is 5.92 Å². The predicted molar refractivity (Wildman–Crippen MR) is 77.1 cm³/mol. The van der Waals surface area contributed by atoms with Crippen LogP contribution in [0.1, 0.15) is 26.3 Å². The fourth-order valence-electron chi connectivity index (χ4n) is 1.63. The summed E-state index contributed by atoms with van der Waals surface area (Å²) >= 11 is 0. The van der Waals surface area contributed by atoms with Crippen molar-refractivity contribution in [1.82, 2.24) is 10.6 Å². The summed E-state index contributed by atoms with van der Waals surface area (Å²) in [5, 5.41) is 6.09. The molecule has 0 aliphatic heterocycles. The number of para-hydroxylation sites is 1. The van der Waals surface area contributed by atoms with Gasteiger partial charge < -0.3 is 15.4 Å². The van der Waals surface area contributed by atoms with Gasteiger partial charge in [-0.15, -0.1) is 0 Å². The molecule has 0 aliphatic rings. The number of benzene rings is 1. The van der Waals surface area contributed by atoms with Crippen LogP contribution in [0.4, 0.5) is 0 Å². The van der Waals surface area contributed by atoms with E-state index in [9.17, 15) is 4.79 Å². The number of carbonyl (C=O) groups excluding carboxylic acids is 1. The molecule has 0 fully saturated rings. The zero-order valence-corrected chi connectivity index (χ0v) is 12.2. The molecule has 0 saturated carbocycles. The van der Waals surface area contributed by atoms with Crippen LogP contribution in [-0.4, -0.2) is 25.6 Å². The average Bonchev–Trinajstić information content (AvgIpc) is 2.39. The maximum Gasteiger partial charge on any atom is 0.234 e. The zero-order chi connectivity index (χ0) is 14.3. The quantitative estimate of drug-likeness (QED) is 0.791. The monoisotopic (exact) mass is 264 g/mol. The van der Waals surface area contributed by atoms with Crippen LogP contribution in [0.2, 0.25) is 0 Å². The highest BCUT2D eigenvalue weighted by molar-refractivity contribution is 5.78. The molecule has 0 radical (unpaired) electrons. The van der Waals surface area contributed by atoms with Gasteiger partial charge in [0.25, 0.3) is 0 Å². The third-order valence-corrected chi connectivity index (χ3v) is 3.18. The van der Waals surface area contributed by atoms with Gasteiger partial charge in [-0.1, -0.05) is 32.0 Å². The topological polar surface area (TPSA) is 50.4 Å². The predicted octanol–water partition coefficient (Wildman–Crippen LogP) is 1.95. The van der Waals surface area contributed by atoms with Gasteiger partial charge in [0, 0.05) is 18.2 Å². The summed E-state index contributed by atoms with van der Waals surface area (Å²) in [4.78, 5) is 11.7. The summed E-state index contributed by atoms with van der Waals surface area (Å²) in [6.45, 7) is 7.13. The van der Waals surface area contributed by atoms with Gasteiger partial charge in [-0.05, 0) is 18.9 Å². The Labute approximate surface area is 115 Å². The maximum absolute atomic E-state index is 11.7. The Bertz CT molecular complexity index is 405. The lowest BCUT2D eigenvalue weighted by atomic mass is 10.1. The number of hydrogen-bond donors (Lipinski definition) is 2. The number of hydrogen-bond acceptors (Lipinski definition) is 3. The molecule has 1 atom stereocenters. The van der Waals surface area contributed by atoms with Crippen LogP contribution in [-0.2, 0) is 11.3 Å². The highest BCUT2D eigenvalue weighted by Crippen LogP contribution is 2.16. The molecule has 1 amide bonds. The van der Waals surface area contributed by atoms with Crippen molar-refractivity contribution in [3.05, 3.63) is 29.8 Å². The molecule has 0 bridgehead atoms. The Morgan fingerprint density at radius 1 is 1.26 bits per heavy atom. The number of ether oxygens (including phenoxy) is 1. The van der Waals surface area contributed by atoms with Crippen LogP contribution in [0.3, 0.4) is 0 Å². The third-order valence-electron chi connectivity index (χ3n) is 3.18. The molecular weight excluding hydrogens is 240 g/mol. The number of carbonyl (C=O) groups is 1. The molecule has 4 nitrogen and oxygen atoms in total. The second-order valence-electron chi connectivity index (χ2n) is 5.02. The highest BCUT2D eigenvalue weighted by atomic mass is 16.5. The summed E-state index contributed by atoms with van der Waals surface area (Å²) in [5.74, 6) is 1.31. The second kappa shape index (κ2) is 7.79. The normalized spacial score (nSPS) is 12.3. The van der Waals surface area contributed by atoms with Gasteiger partial charge >= 0.3 is 0 Å². The van der Waals surface area contributed by atoms with Crippen LogP contribution in [0.25, 0.3) is 0 Å². The molecule has 19 heavy (non-hydrogen) atoms. The molecule has 0 aliphatic carbocycles. The minimum Gasteiger partial charge on any atom is -0.496 e. The minimum atomic E-state index is 0.0242. The Morgan fingerprint density at radius 3 is 2.58 bits per heavy atom. The van der Waals surface area contributed by atoms with Gasteiger partial charge in [0.15, 0.2) is 0 Å². The highest BCUT2D eigenvalue weighted by Gasteiger charge is 2.10. The van der Waals surface area contributed by atoms with E-state index in [0.717, 1.165) is 11.3 Å². The minimum absolute atomic E-state index is 0.0242. The van der Waals surface area contributed by atoms with E-state index in [-0.39, 0.29) is 11.9 Å². The van der Waals surface area contributed by atoms with Crippen molar-refractivity contribution in [3.63, 3.8) is 0 Å². The average molecular weight is 264 g/mol. The molecule has 0 spiro atoms. The van der Waals surface area contributed by atoms with E-state index in [0.29, 0.717) is 19.0 Å². The number of methoxy groups -OCH3 is 1. The van der Waals surface area contributed by atoms with Crippen molar-refractivity contribution in [2.75, 3.05) is 13.7 Å². The molecule has 1 rings (SSSR count). The van der Waals surface area contributed by atoms with E-state index in [1.165, 1.54) is 0 Å². The lowest BCUT2D eigenvalue weighted by Gasteiger charge is -2.17. The maximum atomic E-state index is 11.7. The van der Waals surface area contributed by atoms with Gasteiger partial charge in [0.1, 0.15) is 5.75 Å². The molecular formula is C15H24N2O2. The lowest BCUT2D eigenvalue weighted by Crippen LogP contribution is -2.41. The molecule has 1 aromatic carbocycles. The molecule has 0 heterocycles. The molecule has 4 heteroatoms. The van der Waals surface area contributed by atoms with Gasteiger partial charge in [-0.3, -0.25) is 4.79 Å². The van der Waals surface area contributed by atoms with E-state index in [4.69, 9.17) is 4.74 Å². The Balaban J connectivity index is 2.36. The number of amides is 1. The van der Waals surface area contributed by atoms with Crippen LogP contribution < -0.4 is 15.4 Å². The van der Waals surface area contributed by atoms with E-state index >= 15 is 0 Å². The molecule has 2 N–H and O–H groups in total. The summed E-state index contributed by atoms with van der Waals surface area (Å²) in [5.41, 5.74) is 1.05. The SMILES string of the molecule is COc1ccccc1CNCC(=O)NC(C)C(C)C. The summed E-state index contributed by atoms with van der Waals surface area (Å²) in [6, 6.07) is 7.98. The van der Waals surface area contributed by atoms with Crippen LogP contribution in [0.5, 0.6) is 5.75 Å². The molecule has 1 aromatic rings. The third kappa shape index (κ3) is 5.30. The van der Waals surface area contributed by atoms with Gasteiger partial charge in [0.05, 0.1) is 13.7 Å². The van der Waals surface area contributed by atoms with Crippen LogP contribution >= 0.6 is 0 Å². The summed E-state index contributed by atoms with van der Waals surface area (Å²) in [6.07, 6.45) is 0. The van der Waals surface area contributed by atoms with Gasteiger partial charge in [-0.2, -0.15) is 0 Å². The van der Waals surface area contributed by atoms with Crippen molar-refractivity contribution in [2.45, 2.75) is 33.4 Å². The standard InChI is InChI=1S/C15H24N2O2/c1-11(2)12(3)17-15(18)10-16-9-13-7-5-6-8-14(13)19-4/h5-8,11-12,16H,9-10H2,1-4H3,(H,17,18). The molecule has 0 saturated heterocycles. The lowest BCUT2D eigenvalue weighted by molar-refractivity contribution is -0.121. The number of nitrogens with one attached hydrogen (secondary N) is 2. The number of rotatable bonds is 7. The van der Waals surface area contributed by atoms with Crippen molar-refractivity contribution < 1.29 is 9.53 Å². The van der Waals surface area contributed by atoms with Crippen molar-refractivity contribution in [3.8, 4) is 5.75 Å². The Kier molecular flexibility index (Phi) is 6.36. The van der Waals surface area contributed by atoms with E-state index < -0.39 is 0 Å². The first-order chi connectivity index (χ1) is 9.04. The second-order valence-corrected chi connectivity index (χ2v) is 5.02. The van der Waals surface area contributed by atoms with Gasteiger partial charge in [0.2, 0.25) is 5.91 Å². The van der Waals surface area contributed by atoms with Crippen molar-refractivity contribution in [1.29, 1.82) is 0 Å². The first kappa shape index (κ1) is 15.5. The van der Waals surface area contributed by atoms with Crippen LogP contribution in [0.15, 0.2) is 24.3 Å². The Hall–Kier alpha value is -1.55. The largest absolute Gasteiger partial charge is 0.496 e. The van der Waals surface area contributed by atoms with E-state index in [1.807, 2.05) is 31.2 Å². The first-order valence-electron chi connectivity index (χ1n) is 6.66. The van der Waals surface area contributed by atoms with Gasteiger partial charge in [-0.25, -0.2) is 0 Å². The first-order valence-corrected chi connectivity index (χ1v) is 6.66.